The van der Waals surface area contributed by atoms with Crippen molar-refractivity contribution in [3.05, 3.63) is 42.7 Å². The molecule has 11 heteroatoms. The molecular formula is C27H31N5O6. The third-order valence-electron chi connectivity index (χ3n) is 6.31. The molecule has 1 aliphatic heterocycles. The van der Waals surface area contributed by atoms with Gasteiger partial charge in [0.2, 0.25) is 11.8 Å². The van der Waals surface area contributed by atoms with Crippen LogP contribution in [0, 0.1) is 0 Å². The van der Waals surface area contributed by atoms with Crippen molar-refractivity contribution < 1.29 is 28.4 Å². The van der Waals surface area contributed by atoms with E-state index in [0.29, 0.717) is 52.3 Å². The first-order valence-corrected chi connectivity index (χ1v) is 12.4. The lowest BCUT2D eigenvalue weighted by atomic mass is 10.1. The Kier molecular flexibility index (Phi) is 8.05. The Morgan fingerprint density at radius 1 is 0.895 bits per heavy atom. The summed E-state index contributed by atoms with van der Waals surface area (Å²) in [5.74, 6) is 3.19. The van der Waals surface area contributed by atoms with Gasteiger partial charge in [0.05, 0.1) is 57.7 Å². The lowest BCUT2D eigenvalue weighted by molar-refractivity contribution is 0.0357. The van der Waals surface area contributed by atoms with Gasteiger partial charge in [-0.2, -0.15) is 0 Å². The molecule has 3 heterocycles. The molecule has 0 radical (unpaired) electrons. The van der Waals surface area contributed by atoms with Gasteiger partial charge < -0.3 is 28.4 Å². The number of morpholine rings is 1. The SMILES string of the molecule is COc1ccc(-c2cc(Oc3ncnc4cc(OCCCN5CCOCC5)c(OC)cc34)n[nH]2)cc1OC. The highest BCUT2D eigenvalue weighted by Crippen LogP contribution is 2.37. The van der Waals surface area contributed by atoms with Gasteiger partial charge in [0.15, 0.2) is 23.0 Å². The number of nitrogens with zero attached hydrogens (tertiary/aromatic N) is 4. The van der Waals surface area contributed by atoms with Gasteiger partial charge in [-0.25, -0.2) is 9.97 Å². The second-order valence-corrected chi connectivity index (χ2v) is 8.65. The number of fused-ring (bicyclic) bond motifs is 1. The van der Waals surface area contributed by atoms with Gasteiger partial charge >= 0.3 is 0 Å². The van der Waals surface area contributed by atoms with E-state index in [2.05, 4.69) is 25.1 Å². The highest BCUT2D eigenvalue weighted by Gasteiger charge is 2.16. The molecule has 0 aliphatic carbocycles. The summed E-state index contributed by atoms with van der Waals surface area (Å²) < 4.78 is 33.8. The predicted octanol–water partition coefficient (Wildman–Crippen LogP) is 3.94. The molecule has 2 aromatic heterocycles. The Bertz CT molecular complexity index is 1370. The van der Waals surface area contributed by atoms with E-state index in [4.69, 9.17) is 28.4 Å². The molecule has 0 amide bonds. The van der Waals surface area contributed by atoms with Crippen molar-refractivity contribution in [3.8, 4) is 46.0 Å². The summed E-state index contributed by atoms with van der Waals surface area (Å²) in [4.78, 5) is 11.1. The summed E-state index contributed by atoms with van der Waals surface area (Å²) in [5.41, 5.74) is 2.30. The highest BCUT2D eigenvalue weighted by molar-refractivity contribution is 5.87. The predicted molar refractivity (Wildman–Crippen MR) is 141 cm³/mol. The minimum absolute atomic E-state index is 0.359. The van der Waals surface area contributed by atoms with Crippen molar-refractivity contribution in [2.24, 2.45) is 0 Å². The number of hydrogen-bond donors (Lipinski definition) is 1. The van der Waals surface area contributed by atoms with Crippen molar-refractivity contribution in [1.29, 1.82) is 0 Å². The van der Waals surface area contributed by atoms with Crippen LogP contribution in [0.2, 0.25) is 0 Å². The maximum atomic E-state index is 6.05. The van der Waals surface area contributed by atoms with Crippen LogP contribution < -0.4 is 23.7 Å². The van der Waals surface area contributed by atoms with E-state index in [9.17, 15) is 0 Å². The van der Waals surface area contributed by atoms with Gasteiger partial charge in [0, 0.05) is 37.3 Å². The van der Waals surface area contributed by atoms with Crippen LogP contribution in [-0.4, -0.2) is 85.8 Å². The summed E-state index contributed by atoms with van der Waals surface area (Å²) in [6.07, 6.45) is 2.36. The Balaban J connectivity index is 1.30. The quantitative estimate of drug-likeness (QED) is 0.291. The molecule has 1 aliphatic rings. The standard InChI is InChI=1S/C27H31N5O6/c1-33-22-6-5-18(13-23(22)34-2)20-16-26(31-30-20)38-27-19-14-24(35-3)25(15-21(19)28-17-29-27)37-10-4-7-32-8-11-36-12-9-32/h5-6,13-17H,4,7-12H2,1-3H3,(H,30,31). The molecule has 2 aromatic carbocycles. The molecule has 0 saturated carbocycles. The Morgan fingerprint density at radius 3 is 2.47 bits per heavy atom. The van der Waals surface area contributed by atoms with Gasteiger partial charge in [-0.1, -0.05) is 0 Å². The summed E-state index contributed by atoms with van der Waals surface area (Å²) >= 11 is 0. The number of benzene rings is 2. The molecule has 4 aromatic rings. The summed E-state index contributed by atoms with van der Waals surface area (Å²) in [6, 6.07) is 11.1. The molecular weight excluding hydrogens is 490 g/mol. The van der Waals surface area contributed by atoms with Gasteiger partial charge in [0.25, 0.3) is 0 Å². The number of aromatic nitrogens is 4. The summed E-state index contributed by atoms with van der Waals surface area (Å²) in [5, 5.41) is 7.97. The van der Waals surface area contributed by atoms with E-state index < -0.39 is 0 Å². The second kappa shape index (κ2) is 12.0. The molecule has 5 rings (SSSR count). The van der Waals surface area contributed by atoms with Crippen molar-refractivity contribution in [3.63, 3.8) is 0 Å². The monoisotopic (exact) mass is 521 g/mol. The van der Waals surface area contributed by atoms with Crippen LogP contribution in [0.25, 0.3) is 22.2 Å². The molecule has 0 spiro atoms. The zero-order valence-electron chi connectivity index (χ0n) is 21.7. The molecule has 0 unspecified atom stereocenters. The number of aromatic amines is 1. The van der Waals surface area contributed by atoms with E-state index in [1.54, 1.807) is 27.4 Å². The third kappa shape index (κ3) is 5.74. The smallest absolute Gasteiger partial charge is 0.240 e. The number of nitrogens with one attached hydrogen (secondary N) is 1. The zero-order valence-corrected chi connectivity index (χ0v) is 21.7. The molecule has 11 nitrogen and oxygen atoms in total. The van der Waals surface area contributed by atoms with Crippen LogP contribution in [0.3, 0.4) is 0 Å². The van der Waals surface area contributed by atoms with Crippen molar-refractivity contribution in [1.82, 2.24) is 25.1 Å². The average Bonchev–Trinajstić information content (AvgIpc) is 3.43. The fraction of sp³-hybridized carbons (Fsp3) is 0.370. The van der Waals surface area contributed by atoms with Crippen LogP contribution in [-0.2, 0) is 4.74 Å². The van der Waals surface area contributed by atoms with Gasteiger partial charge in [-0.3, -0.25) is 10.00 Å². The fourth-order valence-electron chi connectivity index (χ4n) is 4.30. The van der Waals surface area contributed by atoms with Crippen LogP contribution in [0.15, 0.2) is 42.7 Å². The van der Waals surface area contributed by atoms with E-state index in [1.165, 1.54) is 6.33 Å². The molecule has 0 bridgehead atoms. The lowest BCUT2D eigenvalue weighted by Crippen LogP contribution is -2.37. The van der Waals surface area contributed by atoms with Crippen LogP contribution in [0.5, 0.6) is 34.8 Å². The Hall–Kier alpha value is -4.09. The van der Waals surface area contributed by atoms with Crippen LogP contribution in [0.4, 0.5) is 0 Å². The first-order valence-electron chi connectivity index (χ1n) is 12.4. The number of rotatable bonds is 11. The van der Waals surface area contributed by atoms with E-state index in [1.807, 2.05) is 30.3 Å². The molecule has 1 saturated heterocycles. The first kappa shape index (κ1) is 25.6. The minimum atomic E-state index is 0.359. The number of hydrogen-bond acceptors (Lipinski definition) is 10. The lowest BCUT2D eigenvalue weighted by Gasteiger charge is -2.26. The van der Waals surface area contributed by atoms with Gasteiger partial charge in [-0.15, -0.1) is 5.10 Å². The molecule has 1 N–H and O–H groups in total. The second-order valence-electron chi connectivity index (χ2n) is 8.65. The van der Waals surface area contributed by atoms with Gasteiger partial charge in [0.1, 0.15) is 6.33 Å². The van der Waals surface area contributed by atoms with Crippen molar-refractivity contribution in [2.75, 3.05) is 60.8 Å². The summed E-state index contributed by atoms with van der Waals surface area (Å²) in [6.45, 7) is 5.04. The topological polar surface area (TPSA) is 113 Å². The third-order valence-corrected chi connectivity index (χ3v) is 6.31. The normalized spacial score (nSPS) is 13.9. The average molecular weight is 522 g/mol. The maximum absolute atomic E-state index is 6.05. The highest BCUT2D eigenvalue weighted by atomic mass is 16.5. The number of H-pyrrole nitrogens is 1. The Labute approximate surface area is 220 Å². The maximum Gasteiger partial charge on any atom is 0.240 e. The van der Waals surface area contributed by atoms with E-state index in [-0.39, 0.29) is 0 Å². The van der Waals surface area contributed by atoms with Crippen LogP contribution in [0.1, 0.15) is 6.42 Å². The van der Waals surface area contributed by atoms with E-state index >= 15 is 0 Å². The van der Waals surface area contributed by atoms with Crippen LogP contribution >= 0.6 is 0 Å². The minimum Gasteiger partial charge on any atom is -0.493 e. The van der Waals surface area contributed by atoms with E-state index in [0.717, 1.165) is 50.5 Å². The zero-order chi connectivity index (χ0) is 26.3. The van der Waals surface area contributed by atoms with Gasteiger partial charge in [-0.05, 0) is 30.7 Å². The van der Waals surface area contributed by atoms with Crippen molar-refractivity contribution in [2.45, 2.75) is 6.42 Å². The van der Waals surface area contributed by atoms with Crippen molar-refractivity contribution >= 4 is 10.9 Å². The molecule has 38 heavy (non-hydrogen) atoms. The number of methoxy groups -OCH3 is 3. The molecule has 1 fully saturated rings. The molecule has 0 atom stereocenters. The first-order chi connectivity index (χ1) is 18.7. The summed E-state index contributed by atoms with van der Waals surface area (Å²) in [7, 11) is 4.80. The largest absolute Gasteiger partial charge is 0.493 e. The Morgan fingerprint density at radius 2 is 1.68 bits per heavy atom. The molecule has 200 valence electrons. The fourth-order valence-corrected chi connectivity index (χ4v) is 4.30. The number of ether oxygens (including phenoxy) is 6.